The molecule has 1 aliphatic rings. The molecule has 16 heavy (non-hydrogen) atoms. The lowest BCUT2D eigenvalue weighted by Crippen LogP contribution is -2.45. The molecule has 2 heterocycles. The molecule has 1 aliphatic heterocycles. The minimum absolute atomic E-state index is 0.219. The maximum Gasteiger partial charge on any atom is 0.0976 e. The second kappa shape index (κ2) is 3.86. The third-order valence-corrected chi connectivity index (χ3v) is 3.62. The van der Waals surface area contributed by atoms with Crippen LogP contribution in [0.1, 0.15) is 38.7 Å². The molecule has 1 aromatic rings. The van der Waals surface area contributed by atoms with Crippen molar-refractivity contribution in [1.29, 1.82) is 0 Å². The Labute approximate surface area is 96.2 Å². The second-order valence-corrected chi connectivity index (χ2v) is 5.01. The van der Waals surface area contributed by atoms with Gasteiger partial charge in [-0.2, -0.15) is 5.10 Å². The molecule has 1 N–H and O–H groups in total. The van der Waals surface area contributed by atoms with Gasteiger partial charge >= 0.3 is 0 Å². The zero-order chi connectivity index (χ0) is 11.8. The Morgan fingerprint density at radius 1 is 1.62 bits per heavy atom. The van der Waals surface area contributed by atoms with Crippen LogP contribution in [0.4, 0.5) is 0 Å². The topological polar surface area (TPSA) is 47.3 Å². The summed E-state index contributed by atoms with van der Waals surface area (Å²) in [5.74, 6) is 0. The highest BCUT2D eigenvalue weighted by Gasteiger charge is 2.42. The SMILES string of the molecule is CCC1(C)CC(O)(c2cnn(C)c2)CCO1. The van der Waals surface area contributed by atoms with Gasteiger partial charge < -0.3 is 9.84 Å². The largest absolute Gasteiger partial charge is 0.385 e. The van der Waals surface area contributed by atoms with Gasteiger partial charge in [-0.05, 0) is 13.3 Å². The molecule has 0 spiro atoms. The molecule has 0 bridgehead atoms. The quantitative estimate of drug-likeness (QED) is 0.829. The highest BCUT2D eigenvalue weighted by Crippen LogP contribution is 2.40. The number of nitrogens with zero attached hydrogens (tertiary/aromatic N) is 2. The summed E-state index contributed by atoms with van der Waals surface area (Å²) in [6.07, 6.45) is 5.84. The van der Waals surface area contributed by atoms with Crippen LogP contribution in [0, 0.1) is 0 Å². The van der Waals surface area contributed by atoms with E-state index in [0.29, 0.717) is 19.4 Å². The predicted molar refractivity (Wildman–Crippen MR) is 61.0 cm³/mol. The minimum Gasteiger partial charge on any atom is -0.385 e. The van der Waals surface area contributed by atoms with Gasteiger partial charge in [0.2, 0.25) is 0 Å². The molecule has 1 saturated heterocycles. The lowest BCUT2D eigenvalue weighted by atomic mass is 9.79. The number of aliphatic hydroxyl groups is 1. The summed E-state index contributed by atoms with van der Waals surface area (Å²) < 4.78 is 7.48. The maximum atomic E-state index is 10.7. The smallest absolute Gasteiger partial charge is 0.0976 e. The van der Waals surface area contributed by atoms with E-state index in [1.807, 2.05) is 13.2 Å². The molecule has 2 atom stereocenters. The van der Waals surface area contributed by atoms with E-state index >= 15 is 0 Å². The molecule has 2 unspecified atom stereocenters. The van der Waals surface area contributed by atoms with E-state index in [9.17, 15) is 5.11 Å². The van der Waals surface area contributed by atoms with Crippen LogP contribution in [0.25, 0.3) is 0 Å². The third kappa shape index (κ3) is 1.99. The first-order valence-corrected chi connectivity index (χ1v) is 5.83. The van der Waals surface area contributed by atoms with Crippen molar-refractivity contribution < 1.29 is 9.84 Å². The molecule has 0 saturated carbocycles. The number of hydrogen-bond acceptors (Lipinski definition) is 3. The molecule has 0 radical (unpaired) electrons. The van der Waals surface area contributed by atoms with Gasteiger partial charge in [0.05, 0.1) is 24.0 Å². The molecule has 2 rings (SSSR count). The van der Waals surface area contributed by atoms with Gasteiger partial charge in [0.25, 0.3) is 0 Å². The fraction of sp³-hybridized carbons (Fsp3) is 0.750. The first-order valence-electron chi connectivity index (χ1n) is 5.83. The molecule has 90 valence electrons. The Morgan fingerprint density at radius 2 is 2.38 bits per heavy atom. The van der Waals surface area contributed by atoms with E-state index in [1.165, 1.54) is 0 Å². The fourth-order valence-corrected chi connectivity index (χ4v) is 2.36. The van der Waals surface area contributed by atoms with E-state index < -0.39 is 5.60 Å². The second-order valence-electron chi connectivity index (χ2n) is 5.01. The van der Waals surface area contributed by atoms with Crippen LogP contribution in [0.2, 0.25) is 0 Å². The number of hydrogen-bond donors (Lipinski definition) is 1. The Morgan fingerprint density at radius 3 is 2.94 bits per heavy atom. The van der Waals surface area contributed by atoms with Gasteiger partial charge in [0, 0.05) is 31.6 Å². The number of ether oxygens (including phenoxy) is 1. The summed E-state index contributed by atoms with van der Waals surface area (Å²) >= 11 is 0. The summed E-state index contributed by atoms with van der Waals surface area (Å²) in [4.78, 5) is 0. The van der Waals surface area contributed by atoms with E-state index in [4.69, 9.17) is 4.74 Å². The van der Waals surface area contributed by atoms with Crippen molar-refractivity contribution >= 4 is 0 Å². The number of rotatable bonds is 2. The average Bonchev–Trinajstić information content (AvgIpc) is 2.65. The Hall–Kier alpha value is -0.870. The maximum absolute atomic E-state index is 10.7. The third-order valence-electron chi connectivity index (χ3n) is 3.62. The minimum atomic E-state index is -0.780. The Balaban J connectivity index is 2.25. The summed E-state index contributed by atoms with van der Waals surface area (Å²) in [5.41, 5.74) is -0.0990. The van der Waals surface area contributed by atoms with Crippen LogP contribution in [-0.4, -0.2) is 27.1 Å². The molecule has 0 aliphatic carbocycles. The average molecular weight is 224 g/mol. The van der Waals surface area contributed by atoms with Crippen molar-refractivity contribution in [3.8, 4) is 0 Å². The summed E-state index contributed by atoms with van der Waals surface area (Å²) in [6, 6.07) is 0. The van der Waals surface area contributed by atoms with E-state index in [2.05, 4.69) is 18.9 Å². The Kier molecular flexibility index (Phi) is 2.80. The van der Waals surface area contributed by atoms with Crippen molar-refractivity contribution in [3.63, 3.8) is 0 Å². The Bertz CT molecular complexity index is 377. The van der Waals surface area contributed by atoms with Crippen LogP contribution in [-0.2, 0) is 17.4 Å². The predicted octanol–water partition coefficient (Wildman–Crippen LogP) is 1.59. The van der Waals surface area contributed by atoms with Gasteiger partial charge in [0.1, 0.15) is 0 Å². The molecule has 1 aromatic heterocycles. The van der Waals surface area contributed by atoms with Gasteiger partial charge in [0.15, 0.2) is 0 Å². The molecule has 0 aromatic carbocycles. The van der Waals surface area contributed by atoms with Gasteiger partial charge in [-0.1, -0.05) is 6.92 Å². The van der Waals surface area contributed by atoms with Gasteiger partial charge in [-0.25, -0.2) is 0 Å². The highest BCUT2D eigenvalue weighted by atomic mass is 16.5. The number of aromatic nitrogens is 2. The standard InChI is InChI=1S/C12H20N2O2/c1-4-11(2)9-12(15,5-6-16-11)10-7-13-14(3)8-10/h7-8,15H,4-6,9H2,1-3H3. The zero-order valence-corrected chi connectivity index (χ0v) is 10.2. The van der Waals surface area contributed by atoms with E-state index in [1.54, 1.807) is 10.9 Å². The molecule has 4 nitrogen and oxygen atoms in total. The van der Waals surface area contributed by atoms with Crippen molar-refractivity contribution in [1.82, 2.24) is 9.78 Å². The normalized spacial score (nSPS) is 35.2. The van der Waals surface area contributed by atoms with Crippen LogP contribution < -0.4 is 0 Å². The fourth-order valence-electron chi connectivity index (χ4n) is 2.36. The van der Waals surface area contributed by atoms with E-state index in [-0.39, 0.29) is 5.60 Å². The monoisotopic (exact) mass is 224 g/mol. The first-order chi connectivity index (χ1) is 7.47. The summed E-state index contributed by atoms with van der Waals surface area (Å²) in [6.45, 7) is 4.76. The van der Waals surface area contributed by atoms with Crippen molar-refractivity contribution in [3.05, 3.63) is 18.0 Å². The van der Waals surface area contributed by atoms with E-state index in [0.717, 1.165) is 12.0 Å². The summed E-state index contributed by atoms with van der Waals surface area (Å²) in [5, 5.41) is 14.8. The molecule has 1 fully saturated rings. The first kappa shape index (κ1) is 11.6. The lowest BCUT2D eigenvalue weighted by Gasteiger charge is -2.42. The van der Waals surface area contributed by atoms with Crippen molar-refractivity contribution in [2.24, 2.45) is 7.05 Å². The van der Waals surface area contributed by atoms with Crippen LogP contribution in [0.15, 0.2) is 12.4 Å². The van der Waals surface area contributed by atoms with Gasteiger partial charge in [-0.15, -0.1) is 0 Å². The molecule has 4 heteroatoms. The summed E-state index contributed by atoms with van der Waals surface area (Å²) in [7, 11) is 1.87. The lowest BCUT2D eigenvalue weighted by molar-refractivity contribution is -0.157. The van der Waals surface area contributed by atoms with Crippen LogP contribution in [0.5, 0.6) is 0 Å². The molecular formula is C12H20N2O2. The molecular weight excluding hydrogens is 204 g/mol. The van der Waals surface area contributed by atoms with Crippen molar-refractivity contribution in [2.75, 3.05) is 6.61 Å². The van der Waals surface area contributed by atoms with Crippen LogP contribution in [0.3, 0.4) is 0 Å². The van der Waals surface area contributed by atoms with Crippen LogP contribution >= 0.6 is 0 Å². The van der Waals surface area contributed by atoms with Gasteiger partial charge in [-0.3, -0.25) is 4.68 Å². The zero-order valence-electron chi connectivity index (χ0n) is 10.2. The molecule has 0 amide bonds. The highest BCUT2D eigenvalue weighted by molar-refractivity contribution is 5.17. The number of aryl methyl sites for hydroxylation is 1. The van der Waals surface area contributed by atoms with Crippen molar-refractivity contribution in [2.45, 2.75) is 44.3 Å².